The molecule has 0 bridgehead atoms. The third-order valence-electron chi connectivity index (χ3n) is 2.52. The lowest BCUT2D eigenvalue weighted by molar-refractivity contribution is -0.384. The van der Waals surface area contributed by atoms with Crippen LogP contribution in [0.3, 0.4) is 0 Å². The molecule has 0 aliphatic rings. The maximum atomic E-state index is 10.6. The second-order valence-corrected chi connectivity index (χ2v) is 3.98. The molecule has 1 N–H and O–H groups in total. The molecule has 1 heterocycles. The molecule has 0 unspecified atom stereocenters. The Morgan fingerprint density at radius 1 is 1.50 bits per heavy atom. The molecule has 20 heavy (non-hydrogen) atoms. The Labute approximate surface area is 112 Å². The lowest BCUT2D eigenvalue weighted by atomic mass is 10.2. The van der Waals surface area contributed by atoms with E-state index in [1.807, 2.05) is 0 Å². The summed E-state index contributed by atoms with van der Waals surface area (Å²) >= 11 is 0. The fraction of sp³-hybridized carbons (Fsp3) is 0.167. The van der Waals surface area contributed by atoms with Crippen molar-refractivity contribution in [2.45, 2.75) is 13.5 Å². The Hall–Kier alpha value is -2.90. The van der Waals surface area contributed by atoms with Crippen molar-refractivity contribution in [2.75, 3.05) is 0 Å². The largest absolute Gasteiger partial charge is 0.485 e. The Morgan fingerprint density at radius 3 is 2.80 bits per heavy atom. The minimum atomic E-state index is -1.19. The molecule has 0 atom stereocenters. The highest BCUT2D eigenvalue weighted by molar-refractivity contribution is 5.85. The van der Waals surface area contributed by atoms with E-state index in [4.69, 9.17) is 14.4 Å². The molecule has 0 saturated carbocycles. The summed E-state index contributed by atoms with van der Waals surface area (Å²) in [5.41, 5.74) is 0.365. The number of nitro benzene ring substituents is 1. The Balaban J connectivity index is 2.06. The highest BCUT2D eigenvalue weighted by Gasteiger charge is 2.12. The van der Waals surface area contributed by atoms with E-state index in [0.717, 1.165) is 0 Å². The number of aromatic carboxylic acids is 1. The Bertz CT molecular complexity index is 664. The fourth-order valence-electron chi connectivity index (χ4n) is 1.54. The van der Waals surface area contributed by atoms with Gasteiger partial charge in [0.05, 0.1) is 4.92 Å². The van der Waals surface area contributed by atoms with E-state index < -0.39 is 10.9 Å². The number of nitro groups is 1. The highest BCUT2D eigenvalue weighted by Crippen LogP contribution is 2.24. The van der Waals surface area contributed by atoms with Crippen LogP contribution in [0.15, 0.2) is 28.8 Å². The number of hydrogen-bond donors (Lipinski definition) is 1. The molecular formula is C12H10N2O6. The molecule has 0 radical (unpaired) electrons. The maximum absolute atomic E-state index is 10.6. The molecule has 1 aromatic carbocycles. The second kappa shape index (κ2) is 5.39. The first-order valence-electron chi connectivity index (χ1n) is 5.54. The van der Waals surface area contributed by atoms with Gasteiger partial charge in [-0.2, -0.15) is 0 Å². The molecule has 8 nitrogen and oxygen atoms in total. The molecule has 104 valence electrons. The first-order chi connectivity index (χ1) is 9.47. The molecule has 2 aromatic rings. The summed E-state index contributed by atoms with van der Waals surface area (Å²) in [4.78, 5) is 20.7. The number of aryl methyl sites for hydroxylation is 1. The summed E-state index contributed by atoms with van der Waals surface area (Å²) in [6.07, 6.45) is 0. The number of carboxylic acids is 1. The monoisotopic (exact) mass is 278 g/mol. The molecule has 0 spiro atoms. The number of rotatable bonds is 5. The van der Waals surface area contributed by atoms with E-state index in [-0.39, 0.29) is 23.7 Å². The van der Waals surface area contributed by atoms with Crippen molar-refractivity contribution in [3.8, 4) is 5.75 Å². The first-order valence-corrected chi connectivity index (χ1v) is 5.54. The minimum Gasteiger partial charge on any atom is -0.485 e. The van der Waals surface area contributed by atoms with Crippen molar-refractivity contribution >= 4 is 11.7 Å². The van der Waals surface area contributed by atoms with Gasteiger partial charge in [-0.15, -0.1) is 0 Å². The van der Waals surface area contributed by atoms with Crippen LogP contribution in [0, 0.1) is 17.0 Å². The summed E-state index contributed by atoms with van der Waals surface area (Å²) < 4.78 is 10.2. The molecule has 0 aliphatic carbocycles. The zero-order valence-electron chi connectivity index (χ0n) is 10.4. The summed E-state index contributed by atoms with van der Waals surface area (Å²) in [5.74, 6) is -0.490. The molecule has 0 amide bonds. The van der Waals surface area contributed by atoms with Crippen molar-refractivity contribution < 1.29 is 24.1 Å². The number of ether oxygens (including phenoxy) is 1. The van der Waals surface area contributed by atoms with Crippen LogP contribution in [-0.2, 0) is 6.61 Å². The van der Waals surface area contributed by atoms with Gasteiger partial charge in [-0.25, -0.2) is 4.79 Å². The predicted molar refractivity (Wildman–Crippen MR) is 65.6 cm³/mol. The minimum absolute atomic E-state index is 0.0149. The number of aromatic nitrogens is 1. The number of hydrogen-bond acceptors (Lipinski definition) is 6. The van der Waals surface area contributed by atoms with Gasteiger partial charge < -0.3 is 14.4 Å². The topological polar surface area (TPSA) is 116 Å². The van der Waals surface area contributed by atoms with Crippen LogP contribution in [0.1, 0.15) is 21.8 Å². The van der Waals surface area contributed by atoms with Gasteiger partial charge >= 0.3 is 5.97 Å². The number of carboxylic acid groups (broad SMARTS) is 1. The third kappa shape index (κ3) is 2.91. The first kappa shape index (κ1) is 13.5. The molecule has 0 fully saturated rings. The highest BCUT2D eigenvalue weighted by atomic mass is 16.6. The molecule has 2 rings (SSSR count). The summed E-state index contributed by atoms with van der Waals surface area (Å²) in [7, 11) is 0. The van der Waals surface area contributed by atoms with Crippen LogP contribution in [0.25, 0.3) is 0 Å². The molecule has 0 aliphatic heterocycles. The SMILES string of the molecule is Cc1cc([N+](=O)[O-])ccc1OCc1cc(C(=O)O)no1. The number of carbonyl (C=O) groups is 1. The Kier molecular flexibility index (Phi) is 3.65. The van der Waals surface area contributed by atoms with Gasteiger partial charge in [0.25, 0.3) is 5.69 Å². The Morgan fingerprint density at radius 2 is 2.25 bits per heavy atom. The summed E-state index contributed by atoms with van der Waals surface area (Å²) in [6.45, 7) is 1.66. The second-order valence-electron chi connectivity index (χ2n) is 3.98. The van der Waals surface area contributed by atoms with E-state index in [2.05, 4.69) is 5.16 Å². The fourth-order valence-corrected chi connectivity index (χ4v) is 1.54. The quantitative estimate of drug-likeness (QED) is 0.658. The van der Waals surface area contributed by atoms with E-state index >= 15 is 0 Å². The van der Waals surface area contributed by atoms with Crippen LogP contribution in [0.5, 0.6) is 5.75 Å². The van der Waals surface area contributed by atoms with Gasteiger partial charge in [0.15, 0.2) is 11.5 Å². The number of benzene rings is 1. The lowest BCUT2D eigenvalue weighted by Crippen LogP contribution is -1.97. The number of nitrogens with zero attached hydrogens (tertiary/aromatic N) is 2. The zero-order chi connectivity index (χ0) is 14.7. The summed E-state index contributed by atoms with van der Waals surface area (Å²) in [6, 6.07) is 5.44. The van der Waals surface area contributed by atoms with Crippen molar-refractivity contribution in [3.05, 3.63) is 51.4 Å². The molecule has 0 saturated heterocycles. The van der Waals surface area contributed by atoms with Crippen molar-refractivity contribution in [1.29, 1.82) is 0 Å². The van der Waals surface area contributed by atoms with Crippen LogP contribution in [-0.4, -0.2) is 21.2 Å². The van der Waals surface area contributed by atoms with Crippen LogP contribution >= 0.6 is 0 Å². The van der Waals surface area contributed by atoms with Crippen LogP contribution < -0.4 is 4.74 Å². The zero-order valence-corrected chi connectivity index (χ0v) is 10.4. The van der Waals surface area contributed by atoms with Gasteiger partial charge in [-0.1, -0.05) is 5.16 Å². The van der Waals surface area contributed by atoms with Gasteiger partial charge in [0.2, 0.25) is 0 Å². The molecular weight excluding hydrogens is 268 g/mol. The van der Waals surface area contributed by atoms with Crippen molar-refractivity contribution in [2.24, 2.45) is 0 Å². The normalized spacial score (nSPS) is 10.2. The standard InChI is InChI=1S/C12H10N2O6/c1-7-4-8(14(17)18)2-3-11(7)19-6-9-5-10(12(15)16)13-20-9/h2-5H,6H2,1H3,(H,15,16). The average molecular weight is 278 g/mol. The third-order valence-corrected chi connectivity index (χ3v) is 2.52. The van der Waals surface area contributed by atoms with Gasteiger partial charge in [0, 0.05) is 18.2 Å². The lowest BCUT2D eigenvalue weighted by Gasteiger charge is -2.06. The van der Waals surface area contributed by atoms with Gasteiger partial charge in [0.1, 0.15) is 12.4 Å². The van der Waals surface area contributed by atoms with Crippen molar-refractivity contribution in [3.63, 3.8) is 0 Å². The van der Waals surface area contributed by atoms with Crippen molar-refractivity contribution in [1.82, 2.24) is 5.16 Å². The average Bonchev–Trinajstić information content (AvgIpc) is 2.86. The van der Waals surface area contributed by atoms with E-state index in [0.29, 0.717) is 11.3 Å². The van der Waals surface area contributed by atoms with E-state index in [1.54, 1.807) is 6.92 Å². The smallest absolute Gasteiger partial charge is 0.358 e. The van der Waals surface area contributed by atoms with Crippen LogP contribution in [0.4, 0.5) is 5.69 Å². The molecule has 1 aromatic heterocycles. The summed E-state index contributed by atoms with van der Waals surface area (Å²) in [5, 5.41) is 22.6. The van der Waals surface area contributed by atoms with E-state index in [1.165, 1.54) is 24.3 Å². The predicted octanol–water partition coefficient (Wildman–Crippen LogP) is 2.17. The number of non-ortho nitro benzene ring substituents is 1. The van der Waals surface area contributed by atoms with Crippen LogP contribution in [0.2, 0.25) is 0 Å². The van der Waals surface area contributed by atoms with Gasteiger partial charge in [-0.05, 0) is 18.6 Å². The maximum Gasteiger partial charge on any atom is 0.358 e. The van der Waals surface area contributed by atoms with Gasteiger partial charge in [-0.3, -0.25) is 10.1 Å². The molecule has 8 heteroatoms. The van der Waals surface area contributed by atoms with E-state index in [9.17, 15) is 14.9 Å².